The van der Waals surface area contributed by atoms with Gasteiger partial charge < -0.3 is 10.5 Å². The van der Waals surface area contributed by atoms with Gasteiger partial charge in [0.15, 0.2) is 0 Å². The maximum Gasteiger partial charge on any atom is 0.306 e. The fourth-order valence-electron chi connectivity index (χ4n) is 1.42. The molecule has 0 radical (unpaired) electrons. The van der Waals surface area contributed by atoms with Crippen molar-refractivity contribution in [2.75, 3.05) is 17.6 Å². The second-order valence-electron chi connectivity index (χ2n) is 4.14. The van der Waals surface area contributed by atoms with Gasteiger partial charge in [-0.15, -0.1) is 0 Å². The number of carbonyl (C=O) groups is 1. The zero-order chi connectivity index (χ0) is 15.3. The number of nitrogens with one attached hydrogen (secondary N) is 1. The van der Waals surface area contributed by atoms with E-state index in [-0.39, 0.29) is 17.2 Å². The molecule has 1 rings (SSSR count). The maximum absolute atomic E-state index is 11.9. The highest BCUT2D eigenvalue weighted by Gasteiger charge is 2.15. The minimum atomic E-state index is -3.64. The molecule has 0 aromatic heterocycles. The van der Waals surface area contributed by atoms with Crippen molar-refractivity contribution in [2.24, 2.45) is 5.73 Å². The van der Waals surface area contributed by atoms with Crippen LogP contribution >= 0.6 is 12.2 Å². The largest absolute Gasteiger partial charge is 0.469 e. The molecule has 0 aliphatic carbocycles. The molecule has 3 N–H and O–H groups in total. The van der Waals surface area contributed by atoms with Crippen LogP contribution in [0.1, 0.15) is 17.5 Å². The summed E-state index contributed by atoms with van der Waals surface area (Å²) < 4.78 is 30.6. The summed E-state index contributed by atoms with van der Waals surface area (Å²) in [7, 11) is -2.43. The number of carbonyl (C=O) groups excluding carboxylic acids is 1. The average Bonchev–Trinajstić information content (AvgIpc) is 2.38. The average molecular weight is 316 g/mol. The Morgan fingerprint density at radius 2 is 2.10 bits per heavy atom. The van der Waals surface area contributed by atoms with Crippen molar-refractivity contribution in [1.29, 1.82) is 0 Å². The van der Waals surface area contributed by atoms with Crippen molar-refractivity contribution in [2.45, 2.75) is 13.3 Å². The maximum atomic E-state index is 11.9. The third-order valence-corrected chi connectivity index (χ3v) is 4.10. The molecule has 0 saturated heterocycles. The number of ether oxygens (including phenoxy) is 1. The predicted molar refractivity (Wildman–Crippen MR) is 81.1 cm³/mol. The highest BCUT2D eigenvalue weighted by molar-refractivity contribution is 7.92. The number of methoxy groups -OCH3 is 1. The molecule has 110 valence electrons. The highest BCUT2D eigenvalue weighted by Crippen LogP contribution is 2.18. The van der Waals surface area contributed by atoms with Crippen molar-refractivity contribution in [3.63, 3.8) is 0 Å². The van der Waals surface area contributed by atoms with E-state index in [0.29, 0.717) is 11.3 Å². The number of sulfonamides is 1. The Labute approximate surface area is 123 Å². The molecule has 6 nitrogen and oxygen atoms in total. The molecule has 0 amide bonds. The monoisotopic (exact) mass is 316 g/mol. The van der Waals surface area contributed by atoms with Gasteiger partial charge in [0, 0.05) is 5.56 Å². The molecule has 0 aliphatic heterocycles. The van der Waals surface area contributed by atoms with Gasteiger partial charge in [0.25, 0.3) is 0 Å². The smallest absolute Gasteiger partial charge is 0.306 e. The molecule has 0 spiro atoms. The van der Waals surface area contributed by atoms with E-state index in [4.69, 9.17) is 18.0 Å². The van der Waals surface area contributed by atoms with Gasteiger partial charge in [0.1, 0.15) is 4.99 Å². The predicted octanol–water partition coefficient (Wildman–Crippen LogP) is 0.934. The first-order valence-electron chi connectivity index (χ1n) is 5.73. The lowest BCUT2D eigenvalue weighted by molar-refractivity contribution is -0.140. The van der Waals surface area contributed by atoms with Crippen LogP contribution in [0.15, 0.2) is 18.2 Å². The first-order chi connectivity index (χ1) is 9.25. The summed E-state index contributed by atoms with van der Waals surface area (Å²) in [5.74, 6) is -0.930. The molecule has 0 atom stereocenters. The van der Waals surface area contributed by atoms with Crippen LogP contribution < -0.4 is 10.5 Å². The number of nitrogens with two attached hydrogens (primary N) is 1. The van der Waals surface area contributed by atoms with Crippen LogP contribution in [0.5, 0.6) is 0 Å². The second-order valence-corrected chi connectivity index (χ2v) is 6.42. The zero-order valence-electron chi connectivity index (χ0n) is 11.2. The molecule has 0 aliphatic rings. The summed E-state index contributed by atoms with van der Waals surface area (Å²) in [6.07, 6.45) is -0.208. The minimum absolute atomic E-state index is 0.181. The van der Waals surface area contributed by atoms with Crippen LogP contribution in [0.4, 0.5) is 5.69 Å². The Morgan fingerprint density at radius 1 is 1.45 bits per heavy atom. The van der Waals surface area contributed by atoms with Crippen molar-refractivity contribution >= 4 is 38.9 Å². The van der Waals surface area contributed by atoms with Gasteiger partial charge in [-0.1, -0.05) is 24.4 Å². The third-order valence-electron chi connectivity index (χ3n) is 2.59. The fourth-order valence-corrected chi connectivity index (χ4v) is 2.64. The van der Waals surface area contributed by atoms with E-state index in [1.54, 1.807) is 25.1 Å². The van der Waals surface area contributed by atoms with E-state index in [9.17, 15) is 13.2 Å². The van der Waals surface area contributed by atoms with Crippen LogP contribution in [0.25, 0.3) is 0 Å². The summed E-state index contributed by atoms with van der Waals surface area (Å²) in [4.78, 5) is 11.2. The van der Waals surface area contributed by atoms with E-state index < -0.39 is 16.0 Å². The van der Waals surface area contributed by atoms with E-state index in [1.165, 1.54) is 7.11 Å². The number of thiocarbonyl (C=S) groups is 1. The minimum Gasteiger partial charge on any atom is -0.469 e. The molecule has 0 saturated carbocycles. The standard InChI is InChI=1S/C12H16N2O4S2/c1-8-3-4-9(12(13)19)7-10(8)14-20(16,17)6-5-11(15)18-2/h3-4,7,14H,5-6H2,1-2H3,(H2,13,19). The lowest BCUT2D eigenvalue weighted by Gasteiger charge is -2.11. The summed E-state index contributed by atoms with van der Waals surface area (Å²) in [6, 6.07) is 4.99. The second kappa shape index (κ2) is 6.67. The van der Waals surface area contributed by atoms with Crippen LogP contribution in [0.2, 0.25) is 0 Å². The number of anilines is 1. The van der Waals surface area contributed by atoms with Crippen LogP contribution in [-0.4, -0.2) is 32.2 Å². The number of hydrogen-bond donors (Lipinski definition) is 2. The van der Waals surface area contributed by atoms with Gasteiger partial charge in [0.2, 0.25) is 10.0 Å². The van der Waals surface area contributed by atoms with Gasteiger partial charge in [-0.05, 0) is 18.6 Å². The van der Waals surface area contributed by atoms with Gasteiger partial charge in [0.05, 0.1) is 25.0 Å². The van der Waals surface area contributed by atoms with E-state index in [2.05, 4.69) is 9.46 Å². The Balaban J connectivity index is 2.89. The zero-order valence-corrected chi connectivity index (χ0v) is 12.8. The summed E-state index contributed by atoms with van der Waals surface area (Å²) in [5, 5.41) is 0. The molecule has 0 unspecified atom stereocenters. The molecule has 0 heterocycles. The van der Waals surface area contributed by atoms with E-state index in [0.717, 1.165) is 5.56 Å². The molecule has 0 bridgehead atoms. The normalized spacial score (nSPS) is 10.9. The Hall–Kier alpha value is -1.67. The third kappa shape index (κ3) is 4.78. The first-order valence-corrected chi connectivity index (χ1v) is 7.79. The summed E-state index contributed by atoms with van der Waals surface area (Å²) in [6.45, 7) is 1.75. The topological polar surface area (TPSA) is 98.5 Å². The van der Waals surface area contributed by atoms with Crippen molar-refractivity contribution in [1.82, 2.24) is 0 Å². The molecule has 1 aromatic carbocycles. The Bertz CT molecular complexity index is 626. The van der Waals surface area contributed by atoms with Crippen LogP contribution in [0, 0.1) is 6.92 Å². The van der Waals surface area contributed by atoms with Crippen LogP contribution in [-0.2, 0) is 19.6 Å². The molecular formula is C12H16N2O4S2. The van der Waals surface area contributed by atoms with Crippen molar-refractivity contribution in [3.05, 3.63) is 29.3 Å². The quantitative estimate of drug-likeness (QED) is 0.598. The van der Waals surface area contributed by atoms with Gasteiger partial charge in [-0.3, -0.25) is 9.52 Å². The van der Waals surface area contributed by atoms with Gasteiger partial charge in [-0.2, -0.15) is 0 Å². The molecule has 8 heteroatoms. The molecule has 20 heavy (non-hydrogen) atoms. The molecule has 0 fully saturated rings. The van der Waals surface area contributed by atoms with Gasteiger partial charge >= 0.3 is 5.97 Å². The van der Waals surface area contributed by atoms with Crippen molar-refractivity contribution in [3.8, 4) is 0 Å². The number of esters is 1. The van der Waals surface area contributed by atoms with Crippen molar-refractivity contribution < 1.29 is 17.9 Å². The number of aryl methyl sites for hydroxylation is 1. The Morgan fingerprint density at radius 3 is 2.65 bits per heavy atom. The number of hydrogen-bond acceptors (Lipinski definition) is 5. The number of benzene rings is 1. The summed E-state index contributed by atoms with van der Waals surface area (Å²) in [5.41, 5.74) is 7.19. The van der Waals surface area contributed by atoms with Crippen LogP contribution in [0.3, 0.4) is 0 Å². The Kier molecular flexibility index (Phi) is 5.46. The van der Waals surface area contributed by atoms with E-state index in [1.807, 2.05) is 0 Å². The lowest BCUT2D eigenvalue weighted by atomic mass is 10.1. The summed E-state index contributed by atoms with van der Waals surface area (Å²) >= 11 is 4.85. The number of rotatable bonds is 6. The SMILES string of the molecule is COC(=O)CCS(=O)(=O)Nc1cc(C(N)=S)ccc1C. The molecule has 1 aromatic rings. The fraction of sp³-hybridized carbons (Fsp3) is 0.333. The van der Waals surface area contributed by atoms with E-state index >= 15 is 0 Å². The lowest BCUT2D eigenvalue weighted by Crippen LogP contribution is -2.20. The first kappa shape index (κ1) is 16.4. The highest BCUT2D eigenvalue weighted by atomic mass is 32.2. The van der Waals surface area contributed by atoms with Gasteiger partial charge in [-0.25, -0.2) is 8.42 Å². The molecular weight excluding hydrogens is 300 g/mol.